The summed E-state index contributed by atoms with van der Waals surface area (Å²) in [5.74, 6) is 1.65. The highest BCUT2D eigenvalue weighted by Crippen LogP contribution is 2.52. The van der Waals surface area contributed by atoms with Gasteiger partial charge in [0.25, 0.3) is 0 Å². The monoisotopic (exact) mass is 418 g/mol. The Morgan fingerprint density at radius 3 is 2.48 bits per heavy atom. The smallest absolute Gasteiger partial charge is 0.244 e. The predicted octanol–water partition coefficient (Wildman–Crippen LogP) is 3.30. The van der Waals surface area contributed by atoms with Gasteiger partial charge in [0.2, 0.25) is 24.2 Å². The van der Waals surface area contributed by atoms with Crippen molar-refractivity contribution in [1.82, 2.24) is 5.43 Å². The lowest BCUT2D eigenvalue weighted by Crippen LogP contribution is -2.20. The summed E-state index contributed by atoms with van der Waals surface area (Å²) in [6, 6.07) is 9.44. The fraction of sp³-hybridized carbons (Fsp3) is 0.333. The molecule has 0 bridgehead atoms. The van der Waals surface area contributed by atoms with Gasteiger partial charge in [-0.1, -0.05) is 30.3 Å². The number of hydrogen-bond donors (Lipinski definition) is 1. The van der Waals surface area contributed by atoms with Crippen molar-refractivity contribution in [3.63, 3.8) is 0 Å². The van der Waals surface area contributed by atoms with Gasteiger partial charge < -0.3 is 18.9 Å². The summed E-state index contributed by atoms with van der Waals surface area (Å²) in [6.07, 6.45) is 2.23. The van der Waals surface area contributed by atoms with Crippen LogP contribution in [0.25, 0.3) is 0 Å². The molecule has 0 aromatic heterocycles. The number of alkyl halides is 1. The second-order valence-corrected chi connectivity index (χ2v) is 7.21. The van der Waals surface area contributed by atoms with Crippen LogP contribution in [0.1, 0.15) is 23.6 Å². The molecule has 1 heterocycles. The molecule has 2 aromatic carbocycles. The lowest BCUT2D eigenvalue weighted by atomic mass is 9.99. The zero-order chi connectivity index (χ0) is 20.8. The van der Waals surface area contributed by atoms with E-state index in [0.29, 0.717) is 35.0 Å². The quantitative estimate of drug-likeness (QED) is 0.404. The standard InChI is InChI=1S/C21H23ClN2O5/c1-13(22)9-15-16(11-23-24-17(25)10-14-7-5-4-6-8-14)19(27-3)21-20(18(15)26-2)28-12-29-21/h4-8,11,13H,9-10,12H2,1-3H3,(H,24,25)/b23-11-/t13-/m1/s1. The predicted molar refractivity (Wildman–Crippen MR) is 111 cm³/mol. The van der Waals surface area contributed by atoms with Crippen molar-refractivity contribution in [1.29, 1.82) is 0 Å². The first-order chi connectivity index (χ1) is 14.0. The van der Waals surface area contributed by atoms with Crippen LogP contribution < -0.4 is 24.4 Å². The minimum absolute atomic E-state index is 0.0618. The third-order valence-electron chi connectivity index (χ3n) is 4.35. The highest BCUT2D eigenvalue weighted by atomic mass is 35.5. The Morgan fingerprint density at radius 1 is 1.21 bits per heavy atom. The van der Waals surface area contributed by atoms with Crippen molar-refractivity contribution in [3.8, 4) is 23.0 Å². The fourth-order valence-electron chi connectivity index (χ4n) is 3.16. The van der Waals surface area contributed by atoms with Crippen LogP contribution in [-0.2, 0) is 17.6 Å². The SMILES string of the molecule is COc1c(/C=N\NC(=O)Cc2ccccc2)c(C[C@@H](C)Cl)c(OC)c2c1OCO2. The summed E-state index contributed by atoms with van der Waals surface area (Å²) in [7, 11) is 3.08. The second-order valence-electron chi connectivity index (χ2n) is 6.46. The van der Waals surface area contributed by atoms with Gasteiger partial charge in [-0.3, -0.25) is 4.79 Å². The van der Waals surface area contributed by atoms with Gasteiger partial charge in [-0.05, 0) is 18.9 Å². The summed E-state index contributed by atoms with van der Waals surface area (Å²) in [5, 5.41) is 3.94. The van der Waals surface area contributed by atoms with Crippen molar-refractivity contribution in [3.05, 3.63) is 47.0 Å². The number of nitrogens with zero attached hydrogens (tertiary/aromatic N) is 1. The normalized spacial score (nSPS) is 13.4. The number of methoxy groups -OCH3 is 2. The van der Waals surface area contributed by atoms with Crippen LogP contribution in [0.5, 0.6) is 23.0 Å². The van der Waals surface area contributed by atoms with E-state index in [1.54, 1.807) is 7.11 Å². The zero-order valence-electron chi connectivity index (χ0n) is 16.5. The number of benzene rings is 2. The number of fused-ring (bicyclic) bond motifs is 1. The van der Waals surface area contributed by atoms with E-state index in [-0.39, 0.29) is 24.5 Å². The molecule has 1 aliphatic heterocycles. The number of ether oxygens (including phenoxy) is 4. The molecule has 2 aromatic rings. The van der Waals surface area contributed by atoms with Crippen LogP contribution >= 0.6 is 11.6 Å². The molecule has 3 rings (SSSR count). The Morgan fingerprint density at radius 2 is 1.86 bits per heavy atom. The largest absolute Gasteiger partial charge is 0.492 e. The number of carbonyl (C=O) groups excluding carboxylic acids is 1. The van der Waals surface area contributed by atoms with Crippen molar-refractivity contribution in [2.24, 2.45) is 5.10 Å². The summed E-state index contributed by atoms with van der Waals surface area (Å²) >= 11 is 6.25. The molecule has 0 saturated heterocycles. The van der Waals surface area contributed by atoms with E-state index in [9.17, 15) is 4.79 Å². The first-order valence-electron chi connectivity index (χ1n) is 9.11. The molecule has 0 aliphatic carbocycles. The number of halogens is 1. The first-order valence-corrected chi connectivity index (χ1v) is 9.55. The minimum Gasteiger partial charge on any atom is -0.492 e. The molecule has 0 unspecified atom stereocenters. The number of amides is 1. The maximum Gasteiger partial charge on any atom is 0.244 e. The first kappa shape index (κ1) is 20.8. The van der Waals surface area contributed by atoms with Crippen LogP contribution in [0, 0.1) is 0 Å². The molecule has 29 heavy (non-hydrogen) atoms. The number of carbonyl (C=O) groups is 1. The van der Waals surface area contributed by atoms with Crippen molar-refractivity contribution in [2.75, 3.05) is 21.0 Å². The average molecular weight is 419 g/mol. The van der Waals surface area contributed by atoms with Gasteiger partial charge in [-0.15, -0.1) is 11.6 Å². The van der Waals surface area contributed by atoms with Gasteiger partial charge in [0.15, 0.2) is 11.5 Å². The average Bonchev–Trinajstić information content (AvgIpc) is 3.17. The maximum atomic E-state index is 12.2. The number of hydrazone groups is 1. The second kappa shape index (κ2) is 9.52. The molecule has 0 saturated carbocycles. The molecule has 1 N–H and O–H groups in total. The van der Waals surface area contributed by atoms with Crippen LogP contribution in [-0.4, -0.2) is 38.5 Å². The molecule has 0 fully saturated rings. The van der Waals surface area contributed by atoms with Gasteiger partial charge in [0, 0.05) is 16.5 Å². The van der Waals surface area contributed by atoms with Gasteiger partial charge in [0.05, 0.1) is 26.9 Å². The highest BCUT2D eigenvalue weighted by Gasteiger charge is 2.31. The van der Waals surface area contributed by atoms with E-state index >= 15 is 0 Å². The number of hydrogen-bond acceptors (Lipinski definition) is 6. The zero-order valence-corrected chi connectivity index (χ0v) is 17.3. The minimum atomic E-state index is -0.230. The highest BCUT2D eigenvalue weighted by molar-refractivity contribution is 6.20. The van der Waals surface area contributed by atoms with Crippen molar-refractivity contribution >= 4 is 23.7 Å². The summed E-state index contributed by atoms with van der Waals surface area (Å²) in [5.41, 5.74) is 4.82. The van der Waals surface area contributed by atoms with E-state index in [2.05, 4.69) is 10.5 Å². The summed E-state index contributed by atoms with van der Waals surface area (Å²) in [6.45, 7) is 1.94. The number of nitrogens with one attached hydrogen (secondary N) is 1. The molecule has 154 valence electrons. The molecule has 8 heteroatoms. The van der Waals surface area contributed by atoms with Crippen LogP contribution in [0.15, 0.2) is 35.4 Å². The van der Waals surface area contributed by atoms with Gasteiger partial charge in [-0.25, -0.2) is 5.43 Å². The number of rotatable bonds is 8. The molecular weight excluding hydrogens is 396 g/mol. The van der Waals surface area contributed by atoms with E-state index in [1.807, 2.05) is 37.3 Å². The van der Waals surface area contributed by atoms with Crippen molar-refractivity contribution in [2.45, 2.75) is 25.1 Å². The van der Waals surface area contributed by atoms with Gasteiger partial charge in [-0.2, -0.15) is 5.10 Å². The molecular formula is C21H23ClN2O5. The molecule has 1 aliphatic rings. The summed E-state index contributed by atoms with van der Waals surface area (Å²) in [4.78, 5) is 12.2. The van der Waals surface area contributed by atoms with Gasteiger partial charge in [0.1, 0.15) is 0 Å². The third kappa shape index (κ3) is 4.74. The third-order valence-corrected chi connectivity index (χ3v) is 4.51. The van der Waals surface area contributed by atoms with E-state index in [0.717, 1.165) is 11.1 Å². The van der Waals surface area contributed by atoms with E-state index < -0.39 is 0 Å². The summed E-state index contributed by atoms with van der Waals surface area (Å²) < 4.78 is 22.2. The van der Waals surface area contributed by atoms with Crippen LogP contribution in [0.2, 0.25) is 0 Å². The Labute approximate surface area is 174 Å². The lowest BCUT2D eigenvalue weighted by molar-refractivity contribution is -0.120. The van der Waals surface area contributed by atoms with E-state index in [4.69, 9.17) is 30.5 Å². The van der Waals surface area contributed by atoms with Crippen LogP contribution in [0.4, 0.5) is 0 Å². The van der Waals surface area contributed by atoms with Gasteiger partial charge >= 0.3 is 0 Å². The molecule has 0 radical (unpaired) electrons. The Bertz CT molecular complexity index is 900. The van der Waals surface area contributed by atoms with Crippen LogP contribution in [0.3, 0.4) is 0 Å². The van der Waals surface area contributed by atoms with Crippen molar-refractivity contribution < 1.29 is 23.7 Å². The lowest BCUT2D eigenvalue weighted by Gasteiger charge is -2.18. The van der Waals surface area contributed by atoms with E-state index in [1.165, 1.54) is 13.3 Å². The topological polar surface area (TPSA) is 78.4 Å². The molecule has 1 atom stereocenters. The molecule has 7 nitrogen and oxygen atoms in total. The molecule has 1 amide bonds. The maximum absolute atomic E-state index is 12.2. The Hall–Kier alpha value is -2.93. The Kier molecular flexibility index (Phi) is 6.82. The molecule has 0 spiro atoms. The Balaban J connectivity index is 1.90. The fourth-order valence-corrected chi connectivity index (χ4v) is 3.32.